The maximum Gasteiger partial charge on any atom is 0.287 e. The molecule has 0 saturated carbocycles. The average Bonchev–Trinajstić information content (AvgIpc) is 3.12. The van der Waals surface area contributed by atoms with Gasteiger partial charge in [-0.25, -0.2) is 4.98 Å². The molecule has 0 saturated heterocycles. The number of hydrogen-bond donors (Lipinski definition) is 2. The zero-order chi connectivity index (χ0) is 20.1. The molecule has 0 radical (unpaired) electrons. The van der Waals surface area contributed by atoms with Crippen molar-refractivity contribution in [3.8, 4) is 5.75 Å². The Morgan fingerprint density at radius 3 is 2.64 bits per heavy atom. The van der Waals surface area contributed by atoms with Gasteiger partial charge in [-0.2, -0.15) is 0 Å². The second kappa shape index (κ2) is 8.91. The average molecular weight is 384 g/mol. The van der Waals surface area contributed by atoms with E-state index >= 15 is 0 Å². The number of carbonyl (C=O) groups is 2. The van der Waals surface area contributed by atoms with Crippen LogP contribution in [0.25, 0.3) is 0 Å². The monoisotopic (exact) mass is 384 g/mol. The van der Waals surface area contributed by atoms with E-state index in [1.54, 1.807) is 7.11 Å². The van der Waals surface area contributed by atoms with Gasteiger partial charge in [-0.15, -0.1) is 0 Å². The predicted molar refractivity (Wildman–Crippen MR) is 107 cm³/mol. The molecule has 1 aliphatic heterocycles. The van der Waals surface area contributed by atoms with Crippen molar-refractivity contribution in [2.24, 2.45) is 0 Å². The van der Waals surface area contributed by atoms with Crippen LogP contribution in [0.5, 0.6) is 5.75 Å². The van der Waals surface area contributed by atoms with Gasteiger partial charge in [-0.05, 0) is 50.3 Å². The first kappa shape index (κ1) is 19.9. The lowest BCUT2D eigenvalue weighted by Crippen LogP contribution is -2.34. The highest BCUT2D eigenvalue weighted by Crippen LogP contribution is 2.21. The van der Waals surface area contributed by atoms with Crippen LogP contribution in [-0.4, -0.2) is 34.5 Å². The molecule has 2 heterocycles. The topological polar surface area (TPSA) is 85.2 Å². The second-order valence-corrected chi connectivity index (χ2v) is 7.15. The molecule has 1 unspecified atom stereocenters. The summed E-state index contributed by atoms with van der Waals surface area (Å²) in [6.45, 7) is 5.09. The molecule has 0 fully saturated rings. The summed E-state index contributed by atoms with van der Waals surface area (Å²) < 4.78 is 7.06. The van der Waals surface area contributed by atoms with Gasteiger partial charge in [0.05, 0.1) is 12.8 Å². The van der Waals surface area contributed by atoms with E-state index in [-0.39, 0.29) is 17.9 Å². The highest BCUT2D eigenvalue weighted by molar-refractivity contribution is 5.97. The highest BCUT2D eigenvalue weighted by Gasteiger charge is 2.27. The summed E-state index contributed by atoms with van der Waals surface area (Å²) in [6.07, 6.45) is 3.58. The van der Waals surface area contributed by atoms with Crippen molar-refractivity contribution in [2.45, 2.75) is 58.7 Å². The van der Waals surface area contributed by atoms with Crippen LogP contribution in [0.15, 0.2) is 24.3 Å². The normalized spacial score (nSPS) is 14.1. The highest BCUT2D eigenvalue weighted by atomic mass is 16.5. The van der Waals surface area contributed by atoms with Crippen molar-refractivity contribution in [3.63, 3.8) is 0 Å². The molecule has 0 aliphatic carbocycles. The van der Waals surface area contributed by atoms with Gasteiger partial charge >= 0.3 is 0 Å². The van der Waals surface area contributed by atoms with E-state index in [2.05, 4.69) is 15.6 Å². The summed E-state index contributed by atoms with van der Waals surface area (Å²) in [7, 11) is 1.62. The van der Waals surface area contributed by atoms with Gasteiger partial charge < -0.3 is 19.9 Å². The minimum atomic E-state index is -0.246. The van der Waals surface area contributed by atoms with Crippen LogP contribution in [-0.2, 0) is 19.5 Å². The summed E-state index contributed by atoms with van der Waals surface area (Å²) in [5, 5.41) is 5.87. The molecule has 28 heavy (non-hydrogen) atoms. The zero-order valence-electron chi connectivity index (χ0n) is 16.7. The molecule has 2 amide bonds. The smallest absolute Gasteiger partial charge is 0.287 e. The maximum atomic E-state index is 12.8. The molecule has 2 aromatic rings. The number of nitrogens with one attached hydrogen (secondary N) is 2. The first-order valence-corrected chi connectivity index (χ1v) is 9.84. The molecule has 1 aliphatic rings. The van der Waals surface area contributed by atoms with Crippen molar-refractivity contribution in [1.82, 2.24) is 20.2 Å². The van der Waals surface area contributed by atoms with E-state index in [1.165, 1.54) is 0 Å². The molecule has 1 aromatic carbocycles. The van der Waals surface area contributed by atoms with Crippen molar-refractivity contribution < 1.29 is 14.3 Å². The van der Waals surface area contributed by atoms with Crippen LogP contribution in [0.3, 0.4) is 0 Å². The minimum Gasteiger partial charge on any atom is -0.497 e. The number of amides is 2. The van der Waals surface area contributed by atoms with Gasteiger partial charge in [0.15, 0.2) is 5.82 Å². The summed E-state index contributed by atoms with van der Waals surface area (Å²) in [6, 6.07) is 7.60. The number of benzene rings is 1. The number of rotatable bonds is 7. The molecule has 1 aromatic heterocycles. The first-order valence-electron chi connectivity index (χ1n) is 9.84. The third kappa shape index (κ3) is 4.35. The predicted octanol–water partition coefficient (Wildman–Crippen LogP) is 2.69. The van der Waals surface area contributed by atoms with Crippen LogP contribution < -0.4 is 15.4 Å². The molecular formula is C21H28N4O3. The van der Waals surface area contributed by atoms with Gasteiger partial charge in [-0.3, -0.25) is 9.59 Å². The van der Waals surface area contributed by atoms with E-state index < -0.39 is 0 Å². The van der Waals surface area contributed by atoms with E-state index in [0.717, 1.165) is 49.2 Å². The third-order valence-electron chi connectivity index (χ3n) is 5.14. The number of imidazole rings is 1. The zero-order valence-corrected chi connectivity index (χ0v) is 16.7. The Morgan fingerprint density at radius 1 is 1.21 bits per heavy atom. The molecule has 1 atom stereocenters. The van der Waals surface area contributed by atoms with E-state index in [1.807, 2.05) is 42.7 Å². The second-order valence-electron chi connectivity index (χ2n) is 7.15. The van der Waals surface area contributed by atoms with Gasteiger partial charge in [0.25, 0.3) is 11.8 Å². The Hall–Kier alpha value is -2.83. The molecule has 0 bridgehead atoms. The Labute approximate surface area is 165 Å². The quantitative estimate of drug-likeness (QED) is 0.769. The SMILES string of the molecule is CCC(C)NC(=O)c1nc(C(=O)NCc2ccc(OC)cc2)c2n1CCCC2. The van der Waals surface area contributed by atoms with Gasteiger partial charge in [0.1, 0.15) is 11.4 Å². The molecule has 0 spiro atoms. The lowest BCUT2D eigenvalue weighted by molar-refractivity contribution is 0.0923. The third-order valence-corrected chi connectivity index (χ3v) is 5.14. The lowest BCUT2D eigenvalue weighted by Gasteiger charge is -2.18. The fourth-order valence-corrected chi connectivity index (χ4v) is 3.30. The van der Waals surface area contributed by atoms with E-state index in [4.69, 9.17) is 4.74 Å². The first-order chi connectivity index (χ1) is 13.5. The van der Waals surface area contributed by atoms with Crippen LogP contribution in [0, 0.1) is 0 Å². The van der Waals surface area contributed by atoms with Crippen LogP contribution in [0.4, 0.5) is 0 Å². The van der Waals surface area contributed by atoms with Crippen LogP contribution in [0.1, 0.15) is 65.5 Å². The van der Waals surface area contributed by atoms with Gasteiger partial charge in [-0.1, -0.05) is 19.1 Å². The van der Waals surface area contributed by atoms with E-state index in [0.29, 0.717) is 18.1 Å². The Morgan fingerprint density at radius 2 is 1.96 bits per heavy atom. The number of carbonyl (C=O) groups excluding carboxylic acids is 2. The molecule has 7 heteroatoms. The summed E-state index contributed by atoms with van der Waals surface area (Å²) >= 11 is 0. The summed E-state index contributed by atoms with van der Waals surface area (Å²) in [5.41, 5.74) is 2.19. The standard InChI is InChI=1S/C21H28N4O3/c1-4-14(2)23-21(27)19-24-18(17-7-5-6-12-25(17)19)20(26)22-13-15-8-10-16(28-3)11-9-15/h8-11,14H,4-7,12-13H2,1-3H3,(H,22,26)(H,23,27). The number of aromatic nitrogens is 2. The largest absolute Gasteiger partial charge is 0.497 e. The molecular weight excluding hydrogens is 356 g/mol. The maximum absolute atomic E-state index is 12.8. The summed E-state index contributed by atoms with van der Waals surface area (Å²) in [5.74, 6) is 0.649. The van der Waals surface area contributed by atoms with Crippen molar-refractivity contribution in [1.29, 1.82) is 0 Å². The number of hydrogen-bond acceptors (Lipinski definition) is 4. The summed E-state index contributed by atoms with van der Waals surface area (Å²) in [4.78, 5) is 29.8. The molecule has 2 N–H and O–H groups in total. The van der Waals surface area contributed by atoms with Crippen LogP contribution in [0.2, 0.25) is 0 Å². The van der Waals surface area contributed by atoms with Crippen molar-refractivity contribution in [3.05, 3.63) is 47.0 Å². The molecule has 150 valence electrons. The van der Waals surface area contributed by atoms with Gasteiger partial charge in [0, 0.05) is 19.1 Å². The van der Waals surface area contributed by atoms with E-state index in [9.17, 15) is 9.59 Å². The van der Waals surface area contributed by atoms with Crippen LogP contribution >= 0.6 is 0 Å². The number of fused-ring (bicyclic) bond motifs is 1. The Kier molecular flexibility index (Phi) is 6.34. The lowest BCUT2D eigenvalue weighted by atomic mass is 10.1. The van der Waals surface area contributed by atoms with Crippen molar-refractivity contribution in [2.75, 3.05) is 7.11 Å². The van der Waals surface area contributed by atoms with Crippen molar-refractivity contribution >= 4 is 11.8 Å². The number of methoxy groups -OCH3 is 1. The fourth-order valence-electron chi connectivity index (χ4n) is 3.30. The van der Waals surface area contributed by atoms with Gasteiger partial charge in [0.2, 0.25) is 0 Å². The Bertz CT molecular complexity index is 842. The number of ether oxygens (including phenoxy) is 1. The molecule has 3 rings (SSSR count). The minimum absolute atomic E-state index is 0.0661. The Balaban J connectivity index is 1.76. The molecule has 7 nitrogen and oxygen atoms in total. The number of nitrogens with zero attached hydrogens (tertiary/aromatic N) is 2. The fraction of sp³-hybridized carbons (Fsp3) is 0.476.